The second kappa shape index (κ2) is 7.18. The van der Waals surface area contributed by atoms with E-state index in [1.54, 1.807) is 11.3 Å². The van der Waals surface area contributed by atoms with Crippen molar-refractivity contribution in [3.05, 3.63) is 112 Å². The summed E-state index contributed by atoms with van der Waals surface area (Å²) in [6.45, 7) is 0. The van der Waals surface area contributed by atoms with Gasteiger partial charge in [0.2, 0.25) is 0 Å². The van der Waals surface area contributed by atoms with Crippen molar-refractivity contribution in [2.75, 3.05) is 5.32 Å². The number of thiophene rings is 1. The van der Waals surface area contributed by atoms with E-state index in [0.717, 1.165) is 44.0 Å². The van der Waals surface area contributed by atoms with E-state index < -0.39 is 5.92 Å². The van der Waals surface area contributed by atoms with Gasteiger partial charge >= 0.3 is 0 Å². The van der Waals surface area contributed by atoms with Crippen LogP contribution in [0.4, 0.5) is 11.4 Å². The lowest BCUT2D eigenvalue weighted by atomic mass is 9.85. The van der Waals surface area contributed by atoms with Gasteiger partial charge in [0, 0.05) is 32.6 Å². The van der Waals surface area contributed by atoms with Crippen molar-refractivity contribution in [1.82, 2.24) is 4.98 Å². The molecule has 3 heterocycles. The van der Waals surface area contributed by atoms with Crippen LogP contribution < -0.4 is 5.32 Å². The molecular weight excluding hydrogens is 400 g/mol. The summed E-state index contributed by atoms with van der Waals surface area (Å²) in [5, 5.41) is 6.67. The fourth-order valence-electron chi connectivity index (χ4n) is 4.41. The molecule has 0 radical (unpaired) electrons. The quantitative estimate of drug-likeness (QED) is 0.334. The third-order valence-corrected chi connectivity index (χ3v) is 6.75. The van der Waals surface area contributed by atoms with Gasteiger partial charge in [-0.3, -0.25) is 4.79 Å². The number of nitrogens with zero attached hydrogens (tertiary/aromatic N) is 1. The summed E-state index contributed by atoms with van der Waals surface area (Å²) in [7, 11) is 0. The molecule has 6 rings (SSSR count). The van der Waals surface area contributed by atoms with Crippen LogP contribution in [0.3, 0.4) is 0 Å². The van der Waals surface area contributed by atoms with E-state index in [4.69, 9.17) is 4.98 Å². The highest BCUT2D eigenvalue weighted by Crippen LogP contribution is 2.47. The predicted octanol–water partition coefficient (Wildman–Crippen LogP) is 7.04. The minimum Gasteiger partial charge on any atom is -0.354 e. The third kappa shape index (κ3) is 2.87. The first-order chi connectivity index (χ1) is 15.3. The van der Waals surface area contributed by atoms with Gasteiger partial charge < -0.3 is 5.32 Å². The topological polar surface area (TPSA) is 42.0 Å². The fourth-order valence-corrected chi connectivity index (χ4v) is 5.25. The molecule has 4 heteroatoms. The second-order valence-corrected chi connectivity index (χ2v) is 8.59. The third-order valence-electron chi connectivity index (χ3n) is 5.81. The Balaban J connectivity index is 1.77. The van der Waals surface area contributed by atoms with Crippen molar-refractivity contribution < 1.29 is 4.79 Å². The molecule has 1 aliphatic heterocycles. The van der Waals surface area contributed by atoms with Crippen molar-refractivity contribution in [1.29, 1.82) is 0 Å². The zero-order valence-corrected chi connectivity index (χ0v) is 17.4. The van der Waals surface area contributed by atoms with Crippen LogP contribution in [0.15, 0.2) is 96.4 Å². The van der Waals surface area contributed by atoms with Crippen LogP contribution in [-0.2, 0) is 0 Å². The minimum atomic E-state index is -0.418. The minimum absolute atomic E-state index is 0.0959. The summed E-state index contributed by atoms with van der Waals surface area (Å²) in [6.07, 6.45) is 0. The first-order valence-electron chi connectivity index (χ1n) is 10.2. The van der Waals surface area contributed by atoms with Gasteiger partial charge in [0.05, 0.1) is 22.8 Å². The number of fused-ring (bicyclic) bond motifs is 4. The summed E-state index contributed by atoms with van der Waals surface area (Å²) in [4.78, 5) is 20.1. The van der Waals surface area contributed by atoms with E-state index in [2.05, 4.69) is 29.6 Å². The van der Waals surface area contributed by atoms with E-state index in [-0.39, 0.29) is 5.78 Å². The molecule has 1 atom stereocenters. The summed E-state index contributed by atoms with van der Waals surface area (Å²) in [6, 6.07) is 30.1. The highest BCUT2D eigenvalue weighted by atomic mass is 32.1. The van der Waals surface area contributed by atoms with Crippen LogP contribution in [0.1, 0.15) is 26.7 Å². The van der Waals surface area contributed by atoms with E-state index in [1.165, 1.54) is 0 Å². The number of hydrogen-bond acceptors (Lipinski definition) is 4. The molecule has 0 aliphatic carbocycles. The van der Waals surface area contributed by atoms with E-state index in [1.807, 2.05) is 72.1 Å². The molecule has 5 aromatic rings. The normalized spacial score (nSPS) is 15.1. The fraction of sp³-hybridized carbons (Fsp3) is 0.0370. The number of Topliss-reactive ketones (excluding diaryl/α,β-unsaturated/α-hetero) is 1. The molecule has 148 valence electrons. The maximum Gasteiger partial charge on any atom is 0.177 e. The van der Waals surface area contributed by atoms with Crippen LogP contribution in [0.25, 0.3) is 22.2 Å². The summed E-state index contributed by atoms with van der Waals surface area (Å²) < 4.78 is 0. The molecule has 0 fully saturated rings. The molecule has 0 amide bonds. The lowest BCUT2D eigenvalue weighted by Crippen LogP contribution is -2.14. The van der Waals surface area contributed by atoms with Crippen LogP contribution in [-0.4, -0.2) is 10.8 Å². The summed E-state index contributed by atoms with van der Waals surface area (Å²) in [5.74, 6) is -0.322. The van der Waals surface area contributed by atoms with Gasteiger partial charge in [0.1, 0.15) is 0 Å². The number of rotatable bonds is 2. The number of carbonyl (C=O) groups excluding carboxylic acids is 1. The molecule has 31 heavy (non-hydrogen) atoms. The number of carbonyl (C=O) groups is 1. The highest BCUT2D eigenvalue weighted by Gasteiger charge is 2.35. The molecule has 3 nitrogen and oxygen atoms in total. The number of benzene rings is 3. The molecule has 1 aliphatic rings. The Morgan fingerprint density at radius 1 is 0.806 bits per heavy atom. The number of anilines is 2. The lowest BCUT2D eigenvalue weighted by Gasteiger charge is -2.21. The Kier molecular flexibility index (Phi) is 4.18. The highest BCUT2D eigenvalue weighted by molar-refractivity contribution is 7.10. The first-order valence-corrected chi connectivity index (χ1v) is 11.1. The number of nitrogens with one attached hydrogen (secondary N) is 1. The number of hydrogen-bond donors (Lipinski definition) is 1. The first kappa shape index (κ1) is 18.0. The summed E-state index contributed by atoms with van der Waals surface area (Å²) >= 11 is 1.61. The van der Waals surface area contributed by atoms with Crippen molar-refractivity contribution in [2.45, 2.75) is 5.92 Å². The van der Waals surface area contributed by atoms with Crippen LogP contribution in [0.5, 0.6) is 0 Å². The molecular formula is C27H18N2OS. The maximum absolute atomic E-state index is 14.0. The molecule has 3 aromatic carbocycles. The Hall–Kier alpha value is -3.76. The zero-order valence-electron chi connectivity index (χ0n) is 16.6. The molecule has 0 spiro atoms. The predicted molar refractivity (Wildman–Crippen MR) is 127 cm³/mol. The van der Waals surface area contributed by atoms with Crippen LogP contribution >= 0.6 is 11.3 Å². The van der Waals surface area contributed by atoms with E-state index in [0.29, 0.717) is 5.56 Å². The maximum atomic E-state index is 14.0. The van der Waals surface area contributed by atoms with Gasteiger partial charge in [-0.15, -0.1) is 11.3 Å². The van der Waals surface area contributed by atoms with Gasteiger partial charge in [-0.25, -0.2) is 4.98 Å². The Morgan fingerprint density at radius 2 is 1.58 bits per heavy atom. The SMILES string of the molecule is O=C1c2ccccc2Nc2c(c(-c3ccccc3)nc3ccccc23)C1c1cccs1. The molecule has 0 bridgehead atoms. The van der Waals surface area contributed by atoms with Gasteiger partial charge in [-0.05, 0) is 29.6 Å². The van der Waals surface area contributed by atoms with Gasteiger partial charge in [0.25, 0.3) is 0 Å². The number of para-hydroxylation sites is 2. The molecule has 2 aromatic heterocycles. The van der Waals surface area contributed by atoms with Gasteiger partial charge in [0.15, 0.2) is 5.78 Å². The Morgan fingerprint density at radius 3 is 2.42 bits per heavy atom. The van der Waals surface area contributed by atoms with Crippen molar-refractivity contribution in [3.63, 3.8) is 0 Å². The standard InChI is InChI=1S/C27H18N2OS/c30-27-19-12-5-7-14-21(19)29-26-18-11-4-6-13-20(18)28-25(17-9-2-1-3-10-17)24(26)23(27)22-15-8-16-31-22/h1-16,23,29H. The molecule has 0 saturated heterocycles. The Bertz CT molecular complexity index is 1420. The lowest BCUT2D eigenvalue weighted by molar-refractivity contribution is 0.0977. The average molecular weight is 419 g/mol. The summed E-state index contributed by atoms with van der Waals surface area (Å²) in [5.41, 5.74) is 6.20. The largest absolute Gasteiger partial charge is 0.354 e. The smallest absolute Gasteiger partial charge is 0.177 e. The van der Waals surface area contributed by atoms with E-state index in [9.17, 15) is 4.79 Å². The Labute approximate surface area is 184 Å². The average Bonchev–Trinajstić information content (AvgIpc) is 3.31. The number of pyridine rings is 1. The van der Waals surface area contributed by atoms with Crippen molar-refractivity contribution >= 4 is 39.4 Å². The molecule has 1 N–H and O–H groups in total. The number of aromatic nitrogens is 1. The zero-order chi connectivity index (χ0) is 20.8. The second-order valence-electron chi connectivity index (χ2n) is 7.62. The van der Waals surface area contributed by atoms with Crippen LogP contribution in [0, 0.1) is 0 Å². The van der Waals surface area contributed by atoms with Gasteiger partial charge in [-0.2, -0.15) is 0 Å². The monoisotopic (exact) mass is 418 g/mol. The van der Waals surface area contributed by atoms with Crippen LogP contribution in [0.2, 0.25) is 0 Å². The van der Waals surface area contributed by atoms with Crippen molar-refractivity contribution in [2.24, 2.45) is 0 Å². The number of ketones is 1. The van der Waals surface area contributed by atoms with E-state index >= 15 is 0 Å². The molecule has 1 unspecified atom stereocenters. The molecule has 0 saturated carbocycles. The van der Waals surface area contributed by atoms with Crippen molar-refractivity contribution in [3.8, 4) is 11.3 Å². The van der Waals surface area contributed by atoms with Gasteiger partial charge in [-0.1, -0.05) is 66.7 Å².